The summed E-state index contributed by atoms with van der Waals surface area (Å²) in [6.07, 6.45) is 2.54. The van der Waals surface area contributed by atoms with Crippen LogP contribution in [0.2, 0.25) is 0 Å². The van der Waals surface area contributed by atoms with Gasteiger partial charge in [-0.05, 0) is 49.6 Å². The Morgan fingerprint density at radius 3 is 2.73 bits per heavy atom. The topological polar surface area (TPSA) is 65.1 Å². The number of carbonyl (C=O) groups is 2. The molecular weight excluding hydrogens is 458 g/mol. The molecule has 6 nitrogen and oxygen atoms in total. The van der Waals surface area contributed by atoms with Gasteiger partial charge in [0, 0.05) is 13.0 Å². The number of amides is 1. The average molecular weight is 486 g/mol. The van der Waals surface area contributed by atoms with Crippen molar-refractivity contribution >= 4 is 46.3 Å². The van der Waals surface area contributed by atoms with E-state index in [2.05, 4.69) is 6.07 Å². The fraction of sp³-hybridized carbons (Fsp3) is 0.320. The Morgan fingerprint density at radius 2 is 2.00 bits per heavy atom. The Labute approximate surface area is 203 Å². The quantitative estimate of drug-likeness (QED) is 0.263. The number of esters is 1. The SMILES string of the molecule is CCOC(=O)CCCN1C(=O)/C(=C\c2ccc(OCc3cccc(C)c3)c(OC)c2)SC1=S. The van der Waals surface area contributed by atoms with Crippen LogP contribution < -0.4 is 9.47 Å². The smallest absolute Gasteiger partial charge is 0.305 e. The maximum atomic E-state index is 12.8. The van der Waals surface area contributed by atoms with Gasteiger partial charge in [-0.3, -0.25) is 14.5 Å². The van der Waals surface area contributed by atoms with Gasteiger partial charge in [-0.2, -0.15) is 0 Å². The standard InChI is InChI=1S/C25H27NO5S2/c1-4-30-23(27)9-6-12-26-24(28)22(33-25(26)32)15-18-10-11-20(21(14-18)29-3)31-16-19-8-5-7-17(2)13-19/h5,7-8,10-11,13-15H,4,6,9,12,16H2,1-3H3/b22-15+. The summed E-state index contributed by atoms with van der Waals surface area (Å²) in [6.45, 7) is 4.98. The number of hydrogen-bond acceptors (Lipinski definition) is 7. The predicted octanol–water partition coefficient (Wildman–Crippen LogP) is 5.13. The van der Waals surface area contributed by atoms with Crippen LogP contribution in [0.25, 0.3) is 6.08 Å². The minimum absolute atomic E-state index is 0.160. The first-order chi connectivity index (χ1) is 15.9. The minimum Gasteiger partial charge on any atom is -0.493 e. The van der Waals surface area contributed by atoms with E-state index in [0.717, 1.165) is 11.1 Å². The van der Waals surface area contributed by atoms with Gasteiger partial charge >= 0.3 is 5.97 Å². The molecule has 3 rings (SSSR count). The molecule has 1 aliphatic rings. The number of hydrogen-bond donors (Lipinski definition) is 0. The lowest BCUT2D eigenvalue weighted by Crippen LogP contribution is -2.29. The van der Waals surface area contributed by atoms with Crippen LogP contribution in [0.4, 0.5) is 0 Å². The van der Waals surface area contributed by atoms with E-state index in [1.54, 1.807) is 20.1 Å². The Balaban J connectivity index is 1.65. The molecule has 0 N–H and O–H groups in total. The normalized spacial score (nSPS) is 14.6. The van der Waals surface area contributed by atoms with E-state index in [0.29, 0.717) is 46.9 Å². The molecule has 0 aromatic heterocycles. The van der Waals surface area contributed by atoms with Crippen LogP contribution in [-0.2, 0) is 20.9 Å². The van der Waals surface area contributed by atoms with Crippen LogP contribution in [0.1, 0.15) is 36.5 Å². The number of thioether (sulfide) groups is 1. The zero-order valence-corrected chi connectivity index (χ0v) is 20.6. The van der Waals surface area contributed by atoms with E-state index >= 15 is 0 Å². The molecule has 2 aromatic carbocycles. The highest BCUT2D eigenvalue weighted by molar-refractivity contribution is 8.26. The van der Waals surface area contributed by atoms with E-state index in [1.165, 1.54) is 22.2 Å². The van der Waals surface area contributed by atoms with Crippen LogP contribution in [0.5, 0.6) is 11.5 Å². The third kappa shape index (κ3) is 6.82. The zero-order chi connectivity index (χ0) is 23.8. The Morgan fingerprint density at radius 1 is 1.18 bits per heavy atom. The lowest BCUT2D eigenvalue weighted by atomic mass is 10.1. The van der Waals surface area contributed by atoms with Crippen molar-refractivity contribution in [3.05, 3.63) is 64.1 Å². The Hall–Kier alpha value is -2.84. The molecule has 2 aromatic rings. The monoisotopic (exact) mass is 485 g/mol. The molecule has 0 radical (unpaired) electrons. The summed E-state index contributed by atoms with van der Waals surface area (Å²) in [5.74, 6) is 0.784. The molecule has 1 amide bonds. The number of aryl methyl sites for hydroxylation is 1. The van der Waals surface area contributed by atoms with Crippen molar-refractivity contribution in [2.24, 2.45) is 0 Å². The molecule has 1 heterocycles. The number of nitrogens with zero attached hydrogens (tertiary/aromatic N) is 1. The molecular formula is C25H27NO5S2. The van der Waals surface area contributed by atoms with Crippen LogP contribution in [-0.4, -0.2) is 41.4 Å². The molecule has 0 unspecified atom stereocenters. The molecule has 1 fully saturated rings. The molecule has 0 bridgehead atoms. The molecule has 1 aliphatic heterocycles. The van der Waals surface area contributed by atoms with Crippen molar-refractivity contribution in [2.45, 2.75) is 33.3 Å². The Bertz CT molecular complexity index is 1070. The zero-order valence-electron chi connectivity index (χ0n) is 19.0. The highest BCUT2D eigenvalue weighted by Gasteiger charge is 2.31. The average Bonchev–Trinajstić information content (AvgIpc) is 3.05. The summed E-state index contributed by atoms with van der Waals surface area (Å²) in [5.41, 5.74) is 3.06. The Kier molecular flexibility index (Phi) is 8.91. The summed E-state index contributed by atoms with van der Waals surface area (Å²) >= 11 is 6.62. The van der Waals surface area contributed by atoms with Gasteiger partial charge in [0.1, 0.15) is 10.9 Å². The number of rotatable bonds is 10. The van der Waals surface area contributed by atoms with E-state index in [9.17, 15) is 9.59 Å². The fourth-order valence-corrected chi connectivity index (χ4v) is 4.62. The number of thiocarbonyl (C=S) groups is 1. The summed E-state index contributed by atoms with van der Waals surface area (Å²) < 4.78 is 16.9. The maximum absolute atomic E-state index is 12.8. The van der Waals surface area contributed by atoms with Gasteiger partial charge in [-0.1, -0.05) is 59.9 Å². The number of methoxy groups -OCH3 is 1. The van der Waals surface area contributed by atoms with E-state index in [4.69, 9.17) is 26.4 Å². The highest BCUT2D eigenvalue weighted by atomic mass is 32.2. The molecule has 33 heavy (non-hydrogen) atoms. The number of ether oxygens (including phenoxy) is 3. The molecule has 0 atom stereocenters. The van der Waals surface area contributed by atoms with Gasteiger partial charge in [0.25, 0.3) is 5.91 Å². The van der Waals surface area contributed by atoms with E-state index in [1.807, 2.05) is 43.3 Å². The van der Waals surface area contributed by atoms with Gasteiger partial charge in [-0.25, -0.2) is 0 Å². The van der Waals surface area contributed by atoms with Gasteiger partial charge in [0.2, 0.25) is 0 Å². The molecule has 0 saturated carbocycles. The van der Waals surface area contributed by atoms with Gasteiger partial charge in [0.05, 0.1) is 18.6 Å². The largest absolute Gasteiger partial charge is 0.493 e. The van der Waals surface area contributed by atoms with Gasteiger partial charge < -0.3 is 14.2 Å². The second-order valence-corrected chi connectivity index (χ2v) is 9.11. The summed E-state index contributed by atoms with van der Waals surface area (Å²) in [5, 5.41) is 0. The first kappa shape index (κ1) is 24.8. The summed E-state index contributed by atoms with van der Waals surface area (Å²) in [4.78, 5) is 26.4. The van der Waals surface area contributed by atoms with Crippen molar-refractivity contribution in [1.29, 1.82) is 0 Å². The minimum atomic E-state index is -0.268. The van der Waals surface area contributed by atoms with Crippen molar-refractivity contribution < 1.29 is 23.8 Å². The van der Waals surface area contributed by atoms with Gasteiger partial charge in [-0.15, -0.1) is 0 Å². The number of carbonyl (C=O) groups excluding carboxylic acids is 2. The molecule has 0 aliphatic carbocycles. The lowest BCUT2D eigenvalue weighted by Gasteiger charge is -2.13. The molecule has 1 saturated heterocycles. The predicted molar refractivity (Wildman–Crippen MR) is 134 cm³/mol. The second-order valence-electron chi connectivity index (χ2n) is 7.43. The van der Waals surface area contributed by atoms with Crippen molar-refractivity contribution in [1.82, 2.24) is 4.90 Å². The van der Waals surface area contributed by atoms with Gasteiger partial charge in [0.15, 0.2) is 11.5 Å². The second kappa shape index (κ2) is 11.9. The fourth-order valence-electron chi connectivity index (χ4n) is 3.32. The molecule has 0 spiro atoms. The van der Waals surface area contributed by atoms with Crippen molar-refractivity contribution in [3.8, 4) is 11.5 Å². The van der Waals surface area contributed by atoms with Crippen LogP contribution in [0, 0.1) is 6.92 Å². The first-order valence-electron chi connectivity index (χ1n) is 10.7. The third-order valence-electron chi connectivity index (χ3n) is 4.90. The van der Waals surface area contributed by atoms with Crippen LogP contribution in [0.3, 0.4) is 0 Å². The number of benzene rings is 2. The molecule has 8 heteroatoms. The van der Waals surface area contributed by atoms with Crippen molar-refractivity contribution in [3.63, 3.8) is 0 Å². The highest BCUT2D eigenvalue weighted by Crippen LogP contribution is 2.35. The lowest BCUT2D eigenvalue weighted by molar-refractivity contribution is -0.143. The van der Waals surface area contributed by atoms with Crippen LogP contribution in [0.15, 0.2) is 47.4 Å². The molecule has 174 valence electrons. The summed E-state index contributed by atoms with van der Waals surface area (Å²) in [7, 11) is 1.58. The third-order valence-corrected chi connectivity index (χ3v) is 6.28. The van der Waals surface area contributed by atoms with E-state index < -0.39 is 0 Å². The first-order valence-corrected chi connectivity index (χ1v) is 11.9. The van der Waals surface area contributed by atoms with E-state index in [-0.39, 0.29) is 18.3 Å². The summed E-state index contributed by atoms with van der Waals surface area (Å²) in [6, 6.07) is 13.7. The van der Waals surface area contributed by atoms with Crippen LogP contribution >= 0.6 is 24.0 Å². The maximum Gasteiger partial charge on any atom is 0.305 e. The van der Waals surface area contributed by atoms with Crippen molar-refractivity contribution in [2.75, 3.05) is 20.3 Å².